The number of carbonyl (C=O) groups excluding carboxylic acids is 1. The summed E-state index contributed by atoms with van der Waals surface area (Å²) in [6, 6.07) is 4.16. The SMILES string of the molecule is Cc1nnsc1C(=O)Nc1cc(Cl)ccc1C(=O)O. The molecule has 2 aromatic rings. The van der Waals surface area contributed by atoms with E-state index in [-0.39, 0.29) is 11.3 Å². The first kappa shape index (κ1) is 13.4. The minimum Gasteiger partial charge on any atom is -0.478 e. The fourth-order valence-electron chi connectivity index (χ4n) is 1.43. The first-order valence-electron chi connectivity index (χ1n) is 5.12. The van der Waals surface area contributed by atoms with Crippen LogP contribution in [0.4, 0.5) is 5.69 Å². The minimum absolute atomic E-state index is 0.0344. The molecule has 1 aromatic heterocycles. The van der Waals surface area contributed by atoms with Crippen LogP contribution in [0, 0.1) is 6.92 Å². The van der Waals surface area contributed by atoms with Crippen molar-refractivity contribution in [3.05, 3.63) is 39.4 Å². The Balaban J connectivity index is 2.33. The molecule has 1 heterocycles. The lowest BCUT2D eigenvalue weighted by Gasteiger charge is -2.07. The lowest BCUT2D eigenvalue weighted by molar-refractivity contribution is 0.0698. The van der Waals surface area contributed by atoms with Crippen molar-refractivity contribution in [1.82, 2.24) is 9.59 Å². The number of halogens is 1. The predicted molar refractivity (Wildman–Crippen MR) is 71.0 cm³/mol. The van der Waals surface area contributed by atoms with Gasteiger partial charge in [0.15, 0.2) is 0 Å². The van der Waals surface area contributed by atoms with Crippen molar-refractivity contribution in [1.29, 1.82) is 0 Å². The van der Waals surface area contributed by atoms with Crippen LogP contribution in [0.5, 0.6) is 0 Å². The Hall–Kier alpha value is -1.99. The van der Waals surface area contributed by atoms with Gasteiger partial charge in [-0.15, -0.1) is 5.10 Å². The first-order valence-corrected chi connectivity index (χ1v) is 6.27. The average molecular weight is 298 g/mol. The molecule has 0 radical (unpaired) electrons. The Morgan fingerprint density at radius 2 is 2.16 bits per heavy atom. The molecule has 2 N–H and O–H groups in total. The zero-order valence-electron chi connectivity index (χ0n) is 9.68. The lowest BCUT2D eigenvalue weighted by atomic mass is 10.1. The van der Waals surface area contributed by atoms with Crippen molar-refractivity contribution in [2.45, 2.75) is 6.92 Å². The van der Waals surface area contributed by atoms with E-state index < -0.39 is 11.9 Å². The molecule has 98 valence electrons. The highest BCUT2D eigenvalue weighted by atomic mass is 35.5. The number of aromatic carboxylic acids is 1. The molecule has 0 saturated carbocycles. The summed E-state index contributed by atoms with van der Waals surface area (Å²) in [6.07, 6.45) is 0. The van der Waals surface area contributed by atoms with Gasteiger partial charge in [-0.1, -0.05) is 16.1 Å². The van der Waals surface area contributed by atoms with Crippen molar-refractivity contribution in [3.8, 4) is 0 Å². The van der Waals surface area contributed by atoms with Crippen LogP contribution in [-0.4, -0.2) is 26.6 Å². The lowest BCUT2D eigenvalue weighted by Crippen LogP contribution is -2.14. The second-order valence-electron chi connectivity index (χ2n) is 3.64. The number of aryl methyl sites for hydroxylation is 1. The van der Waals surface area contributed by atoms with Crippen LogP contribution in [0.2, 0.25) is 5.02 Å². The summed E-state index contributed by atoms with van der Waals surface area (Å²) in [5, 5.41) is 15.6. The number of carboxylic acid groups (broad SMARTS) is 1. The average Bonchev–Trinajstić information content (AvgIpc) is 2.75. The van der Waals surface area contributed by atoms with E-state index in [1.807, 2.05) is 0 Å². The van der Waals surface area contributed by atoms with Gasteiger partial charge in [0, 0.05) is 5.02 Å². The Bertz CT molecular complexity index is 656. The summed E-state index contributed by atoms with van der Waals surface area (Å²) in [7, 11) is 0. The first-order chi connectivity index (χ1) is 8.99. The summed E-state index contributed by atoms with van der Waals surface area (Å²) in [6.45, 7) is 1.65. The maximum atomic E-state index is 12.0. The number of carboxylic acids is 1. The molecular formula is C11H8ClN3O3S. The van der Waals surface area contributed by atoms with E-state index in [0.717, 1.165) is 11.5 Å². The molecule has 0 bridgehead atoms. The third-order valence-electron chi connectivity index (χ3n) is 2.32. The van der Waals surface area contributed by atoms with Crippen molar-refractivity contribution in [2.75, 3.05) is 5.32 Å². The van der Waals surface area contributed by atoms with Gasteiger partial charge in [-0.25, -0.2) is 4.79 Å². The molecule has 1 aromatic carbocycles. The highest BCUT2D eigenvalue weighted by molar-refractivity contribution is 7.08. The number of benzene rings is 1. The van der Waals surface area contributed by atoms with Crippen LogP contribution in [0.1, 0.15) is 25.7 Å². The van der Waals surface area contributed by atoms with Crippen LogP contribution in [0.15, 0.2) is 18.2 Å². The van der Waals surface area contributed by atoms with Gasteiger partial charge >= 0.3 is 5.97 Å². The Kier molecular flexibility index (Phi) is 3.77. The molecule has 1 amide bonds. The molecule has 19 heavy (non-hydrogen) atoms. The van der Waals surface area contributed by atoms with Crippen LogP contribution >= 0.6 is 23.1 Å². The van der Waals surface area contributed by atoms with Crippen LogP contribution in [0.25, 0.3) is 0 Å². The van der Waals surface area contributed by atoms with Crippen molar-refractivity contribution < 1.29 is 14.7 Å². The molecule has 6 nitrogen and oxygen atoms in total. The van der Waals surface area contributed by atoms with Gasteiger partial charge in [0.25, 0.3) is 5.91 Å². The number of carbonyl (C=O) groups is 2. The topological polar surface area (TPSA) is 92.2 Å². The van der Waals surface area contributed by atoms with Gasteiger partial charge < -0.3 is 10.4 Å². The molecule has 0 saturated heterocycles. The van der Waals surface area contributed by atoms with E-state index in [1.165, 1.54) is 18.2 Å². The zero-order chi connectivity index (χ0) is 14.0. The van der Waals surface area contributed by atoms with E-state index in [2.05, 4.69) is 14.9 Å². The summed E-state index contributed by atoms with van der Waals surface area (Å²) < 4.78 is 3.65. The second-order valence-corrected chi connectivity index (χ2v) is 4.83. The molecule has 0 aliphatic carbocycles. The number of rotatable bonds is 3. The van der Waals surface area contributed by atoms with Gasteiger partial charge in [0.1, 0.15) is 4.88 Å². The smallest absolute Gasteiger partial charge is 0.337 e. The highest BCUT2D eigenvalue weighted by Crippen LogP contribution is 2.22. The number of anilines is 1. The monoisotopic (exact) mass is 297 g/mol. The van der Waals surface area contributed by atoms with Crippen LogP contribution < -0.4 is 5.32 Å². The molecule has 8 heteroatoms. The molecule has 0 atom stereocenters. The fourth-order valence-corrected chi connectivity index (χ4v) is 2.15. The zero-order valence-corrected chi connectivity index (χ0v) is 11.2. The Morgan fingerprint density at radius 1 is 1.42 bits per heavy atom. The quantitative estimate of drug-likeness (QED) is 0.908. The van der Waals surface area contributed by atoms with E-state index >= 15 is 0 Å². The third kappa shape index (κ3) is 2.88. The number of hydrogen-bond donors (Lipinski definition) is 2. The predicted octanol–water partition coefficient (Wildman–Crippen LogP) is 2.45. The molecular weight excluding hydrogens is 290 g/mol. The van der Waals surface area contributed by atoms with Gasteiger partial charge in [-0.05, 0) is 36.7 Å². The van der Waals surface area contributed by atoms with E-state index in [4.69, 9.17) is 16.7 Å². The normalized spacial score (nSPS) is 10.2. The summed E-state index contributed by atoms with van der Waals surface area (Å²) in [4.78, 5) is 23.3. The number of aromatic nitrogens is 2. The van der Waals surface area contributed by atoms with Gasteiger partial charge in [-0.3, -0.25) is 4.79 Å². The molecule has 0 spiro atoms. The van der Waals surface area contributed by atoms with Crippen molar-refractivity contribution in [3.63, 3.8) is 0 Å². The van der Waals surface area contributed by atoms with Crippen molar-refractivity contribution in [2.24, 2.45) is 0 Å². The maximum absolute atomic E-state index is 12.0. The Morgan fingerprint density at radius 3 is 2.74 bits per heavy atom. The summed E-state index contributed by atoms with van der Waals surface area (Å²) in [5.41, 5.74) is 0.590. The van der Waals surface area contributed by atoms with Crippen LogP contribution in [-0.2, 0) is 0 Å². The van der Waals surface area contributed by atoms with Crippen molar-refractivity contribution >= 4 is 40.7 Å². The van der Waals surface area contributed by atoms with E-state index in [9.17, 15) is 9.59 Å². The summed E-state index contributed by atoms with van der Waals surface area (Å²) in [5.74, 6) is -1.61. The standard InChI is InChI=1S/C11H8ClN3O3S/c1-5-9(19-15-14-5)10(16)13-8-4-6(12)2-3-7(8)11(17)18/h2-4H,1H3,(H,13,16)(H,17,18). The maximum Gasteiger partial charge on any atom is 0.337 e. The second kappa shape index (κ2) is 5.33. The largest absolute Gasteiger partial charge is 0.478 e. The molecule has 0 unspecified atom stereocenters. The molecule has 0 fully saturated rings. The number of nitrogens with one attached hydrogen (secondary N) is 1. The van der Waals surface area contributed by atoms with E-state index in [0.29, 0.717) is 15.6 Å². The number of nitrogens with zero attached hydrogens (tertiary/aromatic N) is 2. The molecule has 2 rings (SSSR count). The number of hydrogen-bond acceptors (Lipinski definition) is 5. The van der Waals surface area contributed by atoms with Crippen LogP contribution in [0.3, 0.4) is 0 Å². The Labute approximate surface area is 117 Å². The minimum atomic E-state index is -1.15. The van der Waals surface area contributed by atoms with Gasteiger partial charge in [0.05, 0.1) is 16.9 Å². The van der Waals surface area contributed by atoms with Gasteiger partial charge in [0.2, 0.25) is 0 Å². The fraction of sp³-hybridized carbons (Fsp3) is 0.0909. The molecule has 0 aliphatic rings. The number of amides is 1. The summed E-state index contributed by atoms with van der Waals surface area (Å²) >= 11 is 6.74. The third-order valence-corrected chi connectivity index (χ3v) is 3.38. The molecule has 0 aliphatic heterocycles. The highest BCUT2D eigenvalue weighted by Gasteiger charge is 2.17. The van der Waals surface area contributed by atoms with Gasteiger partial charge in [-0.2, -0.15) is 0 Å². The van der Waals surface area contributed by atoms with E-state index in [1.54, 1.807) is 6.92 Å².